The van der Waals surface area contributed by atoms with E-state index in [2.05, 4.69) is 0 Å². The molecule has 4 nitrogen and oxygen atoms in total. The Kier molecular flexibility index (Phi) is 3.57. The van der Waals surface area contributed by atoms with Gasteiger partial charge in [-0.25, -0.2) is 0 Å². The molecule has 0 aromatic rings. The fraction of sp³-hybridized carbons (Fsp3) is 0.900. The van der Waals surface area contributed by atoms with Crippen LogP contribution >= 0.6 is 0 Å². The quantitative estimate of drug-likeness (QED) is 0.340. The zero-order chi connectivity index (χ0) is 10.4. The van der Waals surface area contributed by atoms with Crippen LogP contribution in [0.4, 0.5) is 0 Å². The SMILES string of the molecule is CC1CCOC1([O-])C1(C)CCOC1=O.[Li+]. The standard InChI is InChI=1S/C10H15O4.Li/c1-7-3-5-14-10(7,12)9(2)4-6-13-8(9)11;/h7H,3-6H2,1-2H3;/q-1;+1. The van der Waals surface area contributed by atoms with Crippen molar-refractivity contribution in [1.82, 2.24) is 0 Å². The van der Waals surface area contributed by atoms with E-state index in [1.807, 2.05) is 6.92 Å². The van der Waals surface area contributed by atoms with E-state index in [1.165, 1.54) is 0 Å². The smallest absolute Gasteiger partial charge is 0.827 e. The molecule has 80 valence electrons. The molecule has 5 heteroatoms. The Morgan fingerprint density at radius 1 is 1.47 bits per heavy atom. The summed E-state index contributed by atoms with van der Waals surface area (Å²) < 4.78 is 10.1. The van der Waals surface area contributed by atoms with Crippen molar-refractivity contribution in [3.63, 3.8) is 0 Å². The second kappa shape index (κ2) is 4.10. The van der Waals surface area contributed by atoms with Gasteiger partial charge in [0.1, 0.15) is 0 Å². The summed E-state index contributed by atoms with van der Waals surface area (Å²) in [4.78, 5) is 11.5. The van der Waals surface area contributed by atoms with Crippen molar-refractivity contribution in [3.8, 4) is 0 Å². The summed E-state index contributed by atoms with van der Waals surface area (Å²) in [7, 11) is 0. The number of rotatable bonds is 1. The van der Waals surface area contributed by atoms with E-state index >= 15 is 0 Å². The summed E-state index contributed by atoms with van der Waals surface area (Å²) in [5, 5.41) is 12.4. The summed E-state index contributed by atoms with van der Waals surface area (Å²) in [5.74, 6) is -2.11. The Labute approximate surface area is 101 Å². The van der Waals surface area contributed by atoms with Crippen molar-refractivity contribution in [2.45, 2.75) is 32.5 Å². The number of cyclic esters (lactones) is 1. The Balaban J connectivity index is 0.00000112. The molecule has 0 amide bonds. The zero-order valence-electron chi connectivity index (χ0n) is 9.54. The Bertz CT molecular complexity index is 270. The average molecular weight is 206 g/mol. The number of carbonyl (C=O) groups is 1. The van der Waals surface area contributed by atoms with Gasteiger partial charge in [-0.05, 0) is 25.7 Å². The van der Waals surface area contributed by atoms with Gasteiger partial charge < -0.3 is 14.6 Å². The first-order chi connectivity index (χ1) is 6.51. The maximum atomic E-state index is 12.4. The van der Waals surface area contributed by atoms with Crippen molar-refractivity contribution in [2.75, 3.05) is 13.2 Å². The first kappa shape index (κ1) is 13.1. The van der Waals surface area contributed by atoms with E-state index in [9.17, 15) is 9.90 Å². The first-order valence-electron chi connectivity index (χ1n) is 5.02. The number of hydrogen-bond donors (Lipinski definition) is 0. The molecular formula is C10H15LiO4. The number of hydrogen-bond acceptors (Lipinski definition) is 4. The molecule has 0 aliphatic carbocycles. The Morgan fingerprint density at radius 2 is 2.13 bits per heavy atom. The molecule has 15 heavy (non-hydrogen) atoms. The van der Waals surface area contributed by atoms with E-state index in [-0.39, 0.29) is 24.8 Å². The number of esters is 1. The van der Waals surface area contributed by atoms with Crippen LogP contribution in [0, 0.1) is 11.3 Å². The summed E-state index contributed by atoms with van der Waals surface area (Å²) in [6.07, 6.45) is 1.20. The van der Waals surface area contributed by atoms with Gasteiger partial charge in [0.25, 0.3) is 0 Å². The first-order valence-corrected chi connectivity index (χ1v) is 5.02. The van der Waals surface area contributed by atoms with Crippen LogP contribution in [0.25, 0.3) is 0 Å². The van der Waals surface area contributed by atoms with Crippen LogP contribution in [0.1, 0.15) is 26.7 Å². The van der Waals surface area contributed by atoms with Crippen LogP contribution in [0.3, 0.4) is 0 Å². The summed E-state index contributed by atoms with van der Waals surface area (Å²) in [6.45, 7) is 4.30. The molecule has 0 spiro atoms. The van der Waals surface area contributed by atoms with Gasteiger partial charge in [0, 0.05) is 12.4 Å². The number of carbonyl (C=O) groups excluding carboxylic acids is 1. The van der Waals surface area contributed by atoms with Crippen LogP contribution < -0.4 is 24.0 Å². The monoisotopic (exact) mass is 206 g/mol. The van der Waals surface area contributed by atoms with Gasteiger partial charge in [-0.2, -0.15) is 0 Å². The molecule has 2 saturated heterocycles. The molecule has 2 heterocycles. The van der Waals surface area contributed by atoms with Crippen LogP contribution in [-0.4, -0.2) is 25.0 Å². The summed E-state index contributed by atoms with van der Waals surface area (Å²) in [5.41, 5.74) is -0.997. The second-order valence-electron chi connectivity index (χ2n) is 4.42. The van der Waals surface area contributed by atoms with Crippen molar-refractivity contribution in [3.05, 3.63) is 0 Å². The Morgan fingerprint density at radius 3 is 2.53 bits per heavy atom. The molecule has 0 saturated carbocycles. The van der Waals surface area contributed by atoms with Crippen molar-refractivity contribution in [2.24, 2.45) is 11.3 Å². The third-order valence-corrected chi connectivity index (χ3v) is 3.57. The van der Waals surface area contributed by atoms with Gasteiger partial charge in [-0.3, -0.25) is 4.79 Å². The minimum atomic E-state index is -1.58. The largest absolute Gasteiger partial charge is 1.00 e. The molecule has 0 aromatic carbocycles. The maximum Gasteiger partial charge on any atom is 1.00 e. The fourth-order valence-corrected chi connectivity index (χ4v) is 2.35. The Hall–Kier alpha value is -0.0126. The normalized spacial score (nSPS) is 45.0. The number of ether oxygens (including phenoxy) is 2. The van der Waals surface area contributed by atoms with Gasteiger partial charge in [-0.15, -0.1) is 0 Å². The van der Waals surface area contributed by atoms with Gasteiger partial charge in [0.15, 0.2) is 0 Å². The molecule has 0 aromatic heterocycles. The van der Waals surface area contributed by atoms with E-state index in [4.69, 9.17) is 9.47 Å². The predicted molar refractivity (Wildman–Crippen MR) is 46.1 cm³/mol. The third kappa shape index (κ3) is 1.64. The molecule has 2 rings (SSSR count). The van der Waals surface area contributed by atoms with Crippen LogP contribution in [-0.2, 0) is 14.3 Å². The van der Waals surface area contributed by atoms with E-state index < -0.39 is 17.2 Å². The predicted octanol–water partition coefficient (Wildman–Crippen LogP) is -2.94. The van der Waals surface area contributed by atoms with Crippen LogP contribution in [0.2, 0.25) is 0 Å². The topological polar surface area (TPSA) is 58.6 Å². The summed E-state index contributed by atoms with van der Waals surface area (Å²) in [6, 6.07) is 0. The van der Waals surface area contributed by atoms with E-state index in [0.717, 1.165) is 6.42 Å². The molecule has 0 radical (unpaired) electrons. The third-order valence-electron chi connectivity index (χ3n) is 3.57. The van der Waals surface area contributed by atoms with Gasteiger partial charge in [0.2, 0.25) is 0 Å². The molecule has 2 fully saturated rings. The van der Waals surface area contributed by atoms with Gasteiger partial charge in [0.05, 0.1) is 12.0 Å². The molecule has 0 N–H and O–H groups in total. The molecular weight excluding hydrogens is 191 g/mol. The summed E-state index contributed by atoms with van der Waals surface area (Å²) >= 11 is 0. The van der Waals surface area contributed by atoms with E-state index in [1.54, 1.807) is 6.92 Å². The minimum Gasteiger partial charge on any atom is -0.827 e. The van der Waals surface area contributed by atoms with Crippen molar-refractivity contribution in [1.29, 1.82) is 0 Å². The molecule has 3 unspecified atom stereocenters. The maximum absolute atomic E-state index is 12.4. The van der Waals surface area contributed by atoms with E-state index in [0.29, 0.717) is 19.6 Å². The van der Waals surface area contributed by atoms with Crippen LogP contribution in [0.5, 0.6) is 0 Å². The average Bonchev–Trinajstić information content (AvgIpc) is 2.63. The second-order valence-corrected chi connectivity index (χ2v) is 4.42. The molecule has 2 aliphatic heterocycles. The minimum absolute atomic E-state index is 0. The van der Waals surface area contributed by atoms with Gasteiger partial charge >= 0.3 is 24.8 Å². The van der Waals surface area contributed by atoms with Crippen LogP contribution in [0.15, 0.2) is 0 Å². The van der Waals surface area contributed by atoms with Gasteiger partial charge in [-0.1, -0.05) is 6.92 Å². The molecule has 0 bridgehead atoms. The zero-order valence-corrected chi connectivity index (χ0v) is 9.54. The van der Waals surface area contributed by atoms with Crippen molar-refractivity contribution < 1.29 is 38.2 Å². The molecule has 2 aliphatic rings. The van der Waals surface area contributed by atoms with Crippen molar-refractivity contribution >= 4 is 5.97 Å². The molecule has 3 atom stereocenters. The fourth-order valence-electron chi connectivity index (χ4n) is 2.35.